The standard InChI is InChI=1S/C22H20N2O4S/c25-21(27-14-15-12-18(28-24-15)17-7-5-11-26-17)22(9-3-4-10-22)13-20-23-16-6-1-2-8-19(16)29-20/h1-2,5-8,11-12H,3-4,9-10,13-14H2. The Kier molecular flexibility index (Phi) is 4.67. The van der Waals surface area contributed by atoms with Gasteiger partial charge in [0.25, 0.3) is 0 Å². The van der Waals surface area contributed by atoms with E-state index >= 15 is 0 Å². The van der Waals surface area contributed by atoms with Gasteiger partial charge >= 0.3 is 5.97 Å². The summed E-state index contributed by atoms with van der Waals surface area (Å²) in [4.78, 5) is 17.8. The van der Waals surface area contributed by atoms with Gasteiger partial charge < -0.3 is 13.7 Å². The minimum Gasteiger partial charge on any atom is -0.461 e. The third kappa shape index (κ3) is 3.58. The van der Waals surface area contributed by atoms with Crippen molar-refractivity contribution in [1.82, 2.24) is 10.1 Å². The van der Waals surface area contributed by atoms with Crippen LogP contribution >= 0.6 is 11.3 Å². The highest BCUT2D eigenvalue weighted by Gasteiger charge is 2.43. The SMILES string of the molecule is O=C(OCc1cc(-c2ccco2)on1)C1(Cc2nc3ccccc3s2)CCCC1. The Hall–Kier alpha value is -2.93. The second kappa shape index (κ2) is 7.48. The fourth-order valence-corrected chi connectivity index (χ4v) is 5.11. The van der Waals surface area contributed by atoms with Crippen LogP contribution in [0.15, 0.2) is 57.7 Å². The Morgan fingerprint density at radius 2 is 2.00 bits per heavy atom. The number of nitrogens with zero attached hydrogens (tertiary/aromatic N) is 2. The predicted octanol–water partition coefficient (Wildman–Crippen LogP) is 5.39. The molecule has 1 fully saturated rings. The number of hydrogen-bond acceptors (Lipinski definition) is 7. The summed E-state index contributed by atoms with van der Waals surface area (Å²) in [5.74, 6) is 0.945. The van der Waals surface area contributed by atoms with E-state index < -0.39 is 5.41 Å². The second-order valence-electron chi connectivity index (χ2n) is 7.48. The van der Waals surface area contributed by atoms with Crippen LogP contribution in [0, 0.1) is 5.41 Å². The molecular weight excluding hydrogens is 388 g/mol. The molecule has 0 saturated heterocycles. The molecule has 0 N–H and O–H groups in total. The summed E-state index contributed by atoms with van der Waals surface area (Å²) in [6.45, 7) is 0.0879. The van der Waals surface area contributed by atoms with Gasteiger partial charge in [-0.25, -0.2) is 4.98 Å². The number of thiazole rings is 1. The third-order valence-corrected chi connectivity index (χ3v) is 6.53. The molecule has 0 spiro atoms. The van der Waals surface area contributed by atoms with Gasteiger partial charge in [-0.2, -0.15) is 0 Å². The largest absolute Gasteiger partial charge is 0.461 e. The van der Waals surface area contributed by atoms with Crippen LogP contribution in [0.1, 0.15) is 36.4 Å². The summed E-state index contributed by atoms with van der Waals surface area (Å²) >= 11 is 1.66. The van der Waals surface area contributed by atoms with Crippen molar-refractivity contribution in [2.75, 3.05) is 0 Å². The van der Waals surface area contributed by atoms with Crippen LogP contribution in [0.25, 0.3) is 21.7 Å². The van der Waals surface area contributed by atoms with Gasteiger partial charge in [0.2, 0.25) is 5.76 Å². The molecule has 0 aliphatic heterocycles. The number of carbonyl (C=O) groups excluding carboxylic acids is 1. The third-order valence-electron chi connectivity index (χ3n) is 5.50. The number of esters is 1. The molecule has 0 radical (unpaired) electrons. The highest BCUT2D eigenvalue weighted by atomic mass is 32.1. The normalized spacial score (nSPS) is 15.7. The van der Waals surface area contributed by atoms with Crippen molar-refractivity contribution >= 4 is 27.5 Å². The molecule has 3 aromatic heterocycles. The maximum absolute atomic E-state index is 13.1. The van der Waals surface area contributed by atoms with Crippen molar-refractivity contribution in [3.05, 3.63) is 59.4 Å². The lowest BCUT2D eigenvalue weighted by Gasteiger charge is -2.25. The highest BCUT2D eigenvalue weighted by Crippen LogP contribution is 2.43. The van der Waals surface area contributed by atoms with E-state index in [1.807, 2.05) is 18.2 Å². The van der Waals surface area contributed by atoms with Crippen molar-refractivity contribution in [3.63, 3.8) is 0 Å². The van der Waals surface area contributed by atoms with Crippen LogP contribution in [0.3, 0.4) is 0 Å². The molecule has 3 heterocycles. The summed E-state index contributed by atoms with van der Waals surface area (Å²) in [6, 6.07) is 13.4. The first-order valence-corrected chi connectivity index (χ1v) is 10.5. The summed E-state index contributed by atoms with van der Waals surface area (Å²) in [6.07, 6.45) is 5.93. The number of carbonyl (C=O) groups is 1. The van der Waals surface area contributed by atoms with Crippen molar-refractivity contribution in [2.45, 2.75) is 38.7 Å². The lowest BCUT2D eigenvalue weighted by atomic mass is 9.83. The minimum absolute atomic E-state index is 0.0879. The average Bonchev–Trinajstić information content (AvgIpc) is 3.52. The molecule has 0 amide bonds. The fourth-order valence-electron chi connectivity index (χ4n) is 4.00. The summed E-state index contributed by atoms with van der Waals surface area (Å²) < 4.78 is 17.4. The smallest absolute Gasteiger partial charge is 0.312 e. The summed E-state index contributed by atoms with van der Waals surface area (Å²) in [7, 11) is 0. The van der Waals surface area contributed by atoms with Gasteiger partial charge in [-0.15, -0.1) is 11.3 Å². The van der Waals surface area contributed by atoms with Gasteiger partial charge in [0, 0.05) is 12.5 Å². The van der Waals surface area contributed by atoms with Gasteiger partial charge in [-0.05, 0) is 37.1 Å². The first-order valence-electron chi connectivity index (χ1n) is 9.73. The molecule has 0 unspecified atom stereocenters. The number of aromatic nitrogens is 2. The second-order valence-corrected chi connectivity index (χ2v) is 8.59. The van der Waals surface area contributed by atoms with E-state index in [1.165, 1.54) is 0 Å². The van der Waals surface area contributed by atoms with Crippen molar-refractivity contribution in [3.8, 4) is 11.5 Å². The Morgan fingerprint density at radius 3 is 2.79 bits per heavy atom. The van der Waals surface area contributed by atoms with E-state index in [2.05, 4.69) is 11.2 Å². The lowest BCUT2D eigenvalue weighted by molar-refractivity contribution is -0.157. The van der Waals surface area contributed by atoms with E-state index in [4.69, 9.17) is 18.7 Å². The van der Waals surface area contributed by atoms with Crippen LogP contribution in [-0.2, 0) is 22.6 Å². The molecule has 5 rings (SSSR count). The van der Waals surface area contributed by atoms with Gasteiger partial charge in [0.1, 0.15) is 12.3 Å². The number of ether oxygens (including phenoxy) is 1. The zero-order valence-corrected chi connectivity index (χ0v) is 16.6. The van der Waals surface area contributed by atoms with Crippen LogP contribution in [0.5, 0.6) is 0 Å². The van der Waals surface area contributed by atoms with E-state index in [9.17, 15) is 4.79 Å². The molecular formula is C22H20N2O4S. The van der Waals surface area contributed by atoms with Gasteiger partial charge in [-0.1, -0.05) is 30.1 Å². The van der Waals surface area contributed by atoms with E-state index in [0.717, 1.165) is 40.9 Å². The number of fused-ring (bicyclic) bond motifs is 1. The fraction of sp³-hybridized carbons (Fsp3) is 0.318. The Bertz CT molecular complexity index is 1090. The molecule has 148 valence electrons. The quantitative estimate of drug-likeness (QED) is 0.398. The molecule has 29 heavy (non-hydrogen) atoms. The Morgan fingerprint density at radius 1 is 1.14 bits per heavy atom. The first-order chi connectivity index (χ1) is 14.2. The predicted molar refractivity (Wildman–Crippen MR) is 108 cm³/mol. The van der Waals surface area contributed by atoms with Crippen molar-refractivity contribution < 1.29 is 18.5 Å². The number of furan rings is 1. The number of benzene rings is 1. The van der Waals surface area contributed by atoms with Crippen molar-refractivity contribution in [2.24, 2.45) is 5.41 Å². The molecule has 0 atom stereocenters. The van der Waals surface area contributed by atoms with E-state index in [1.54, 1.807) is 35.8 Å². The molecule has 7 heteroatoms. The maximum Gasteiger partial charge on any atom is 0.312 e. The van der Waals surface area contributed by atoms with Crippen LogP contribution in [0.2, 0.25) is 0 Å². The van der Waals surface area contributed by atoms with Crippen LogP contribution in [-0.4, -0.2) is 16.1 Å². The number of rotatable bonds is 6. The van der Waals surface area contributed by atoms with E-state index in [0.29, 0.717) is 23.6 Å². The van der Waals surface area contributed by atoms with E-state index in [-0.39, 0.29) is 12.6 Å². The highest BCUT2D eigenvalue weighted by molar-refractivity contribution is 7.18. The minimum atomic E-state index is -0.499. The molecule has 4 aromatic rings. The van der Waals surface area contributed by atoms with Gasteiger partial charge in [0.15, 0.2) is 5.76 Å². The molecule has 6 nitrogen and oxygen atoms in total. The Labute approximate surface area is 171 Å². The summed E-state index contributed by atoms with van der Waals surface area (Å²) in [5.41, 5.74) is 1.06. The molecule has 1 aromatic carbocycles. The first kappa shape index (κ1) is 18.1. The number of para-hydroxylation sites is 1. The number of hydrogen-bond donors (Lipinski definition) is 0. The lowest BCUT2D eigenvalue weighted by Crippen LogP contribution is -2.32. The monoisotopic (exact) mass is 408 g/mol. The topological polar surface area (TPSA) is 78.4 Å². The van der Waals surface area contributed by atoms with Crippen molar-refractivity contribution in [1.29, 1.82) is 0 Å². The molecule has 0 bridgehead atoms. The van der Waals surface area contributed by atoms with Gasteiger partial charge in [0.05, 0.1) is 26.9 Å². The zero-order valence-electron chi connectivity index (χ0n) is 15.8. The molecule has 1 aliphatic carbocycles. The Balaban J connectivity index is 1.29. The molecule has 1 saturated carbocycles. The van der Waals surface area contributed by atoms with Crippen LogP contribution in [0.4, 0.5) is 0 Å². The van der Waals surface area contributed by atoms with Gasteiger partial charge in [-0.3, -0.25) is 4.79 Å². The zero-order chi connectivity index (χ0) is 19.7. The maximum atomic E-state index is 13.1. The van der Waals surface area contributed by atoms with Crippen LogP contribution < -0.4 is 0 Å². The average molecular weight is 408 g/mol. The summed E-state index contributed by atoms with van der Waals surface area (Å²) in [5, 5.41) is 4.98. The molecule has 1 aliphatic rings.